The lowest BCUT2D eigenvalue weighted by Gasteiger charge is -2.38. The second kappa shape index (κ2) is 9.05. The Bertz CT molecular complexity index is 772. The van der Waals surface area contributed by atoms with Gasteiger partial charge in [-0.25, -0.2) is 0 Å². The second-order valence-corrected chi connectivity index (χ2v) is 7.28. The zero-order chi connectivity index (χ0) is 19.2. The van der Waals surface area contributed by atoms with Crippen LogP contribution in [0.25, 0.3) is 0 Å². The minimum absolute atomic E-state index is 0.115. The Labute approximate surface area is 161 Å². The molecule has 0 bridgehead atoms. The number of amides is 1. The molecule has 1 N–H and O–H groups in total. The molecule has 0 saturated heterocycles. The predicted molar refractivity (Wildman–Crippen MR) is 107 cm³/mol. The molecule has 0 aliphatic carbocycles. The first-order valence-corrected chi connectivity index (χ1v) is 9.80. The summed E-state index contributed by atoms with van der Waals surface area (Å²) in [7, 11) is 1.68. The molecule has 0 fully saturated rings. The van der Waals surface area contributed by atoms with Crippen molar-refractivity contribution in [3.05, 3.63) is 65.2 Å². The number of hydrogen-bond acceptors (Lipinski definition) is 3. The van der Waals surface area contributed by atoms with E-state index in [0.29, 0.717) is 6.42 Å². The summed E-state index contributed by atoms with van der Waals surface area (Å²) >= 11 is 0. The summed E-state index contributed by atoms with van der Waals surface area (Å²) in [5.41, 5.74) is 3.52. The number of hydrogen-bond donors (Lipinski definition) is 1. The first-order chi connectivity index (χ1) is 13.1. The van der Waals surface area contributed by atoms with Gasteiger partial charge in [-0.2, -0.15) is 0 Å². The molecule has 0 aromatic heterocycles. The number of unbranched alkanes of at least 4 members (excludes halogenated alkanes) is 1. The largest absolute Gasteiger partial charge is 0.496 e. The van der Waals surface area contributed by atoms with Crippen LogP contribution in [-0.2, 0) is 11.2 Å². The maximum atomic E-state index is 13.1. The highest BCUT2D eigenvalue weighted by Gasteiger charge is 2.33. The molecule has 4 nitrogen and oxygen atoms in total. The van der Waals surface area contributed by atoms with Crippen LogP contribution in [0.2, 0.25) is 0 Å². The number of methoxy groups -OCH3 is 1. The number of ether oxygens (including phenoxy) is 1. The normalized spacial score (nSPS) is 17.3. The highest BCUT2D eigenvalue weighted by atomic mass is 16.5. The van der Waals surface area contributed by atoms with E-state index in [2.05, 4.69) is 24.3 Å². The van der Waals surface area contributed by atoms with Crippen molar-refractivity contribution in [2.24, 2.45) is 0 Å². The molecule has 2 aromatic rings. The monoisotopic (exact) mass is 367 g/mol. The minimum atomic E-state index is -0.303. The van der Waals surface area contributed by atoms with Crippen molar-refractivity contribution in [1.29, 1.82) is 0 Å². The smallest absolute Gasteiger partial charge is 0.223 e. The molecular formula is C23H29NO3. The van der Waals surface area contributed by atoms with Gasteiger partial charge in [0, 0.05) is 18.5 Å². The topological polar surface area (TPSA) is 49.8 Å². The third-order valence-corrected chi connectivity index (χ3v) is 5.30. The van der Waals surface area contributed by atoms with Gasteiger partial charge < -0.3 is 14.7 Å². The van der Waals surface area contributed by atoms with Gasteiger partial charge in [-0.15, -0.1) is 0 Å². The first kappa shape index (κ1) is 19.4. The molecular weight excluding hydrogens is 338 g/mol. The number of nitrogens with zero attached hydrogens (tertiary/aromatic N) is 1. The number of carbonyl (C=O) groups excluding carboxylic acids is 1. The number of aliphatic hydroxyl groups is 1. The third-order valence-electron chi connectivity index (χ3n) is 5.30. The van der Waals surface area contributed by atoms with Crippen LogP contribution in [0.1, 0.15) is 55.3 Å². The van der Waals surface area contributed by atoms with Crippen LogP contribution in [-0.4, -0.2) is 35.7 Å². The summed E-state index contributed by atoms with van der Waals surface area (Å²) < 4.78 is 5.60. The van der Waals surface area contributed by atoms with Gasteiger partial charge in [0.2, 0.25) is 5.91 Å². The molecule has 0 spiro atoms. The summed E-state index contributed by atoms with van der Waals surface area (Å²) in [6.45, 7) is 2.51. The average molecular weight is 367 g/mol. The van der Waals surface area contributed by atoms with Gasteiger partial charge in [-0.3, -0.25) is 4.79 Å². The van der Waals surface area contributed by atoms with E-state index in [1.165, 1.54) is 11.1 Å². The molecule has 27 heavy (non-hydrogen) atoms. The highest BCUT2D eigenvalue weighted by molar-refractivity contribution is 5.78. The number of fused-ring (bicyclic) bond motifs is 1. The summed E-state index contributed by atoms with van der Waals surface area (Å²) in [5.74, 6) is 0.983. The van der Waals surface area contributed by atoms with Crippen molar-refractivity contribution >= 4 is 5.91 Å². The Morgan fingerprint density at radius 2 is 1.85 bits per heavy atom. The van der Waals surface area contributed by atoms with E-state index >= 15 is 0 Å². The molecule has 1 amide bonds. The summed E-state index contributed by atoms with van der Waals surface area (Å²) in [6.07, 6.45) is 3.50. The van der Waals surface area contributed by atoms with Crippen molar-refractivity contribution in [3.8, 4) is 5.75 Å². The van der Waals surface area contributed by atoms with Gasteiger partial charge in [0.25, 0.3) is 0 Å². The lowest BCUT2D eigenvalue weighted by atomic mass is 9.87. The Morgan fingerprint density at radius 1 is 1.15 bits per heavy atom. The van der Waals surface area contributed by atoms with Crippen molar-refractivity contribution in [2.45, 2.75) is 51.2 Å². The molecule has 0 unspecified atom stereocenters. The lowest BCUT2D eigenvalue weighted by molar-refractivity contribution is -0.133. The SMILES string of the molecule is COc1ccccc1[C@@H]1c2ccccc2CCN1C(=O)CCCC[C@@H](C)O. The predicted octanol–water partition coefficient (Wildman–Crippen LogP) is 4.11. The van der Waals surface area contributed by atoms with E-state index in [0.717, 1.165) is 43.5 Å². The Balaban J connectivity index is 1.87. The summed E-state index contributed by atoms with van der Waals surface area (Å²) in [6, 6.07) is 16.2. The average Bonchev–Trinajstić information content (AvgIpc) is 2.70. The number of carbonyl (C=O) groups is 1. The van der Waals surface area contributed by atoms with E-state index < -0.39 is 0 Å². The number of para-hydroxylation sites is 1. The van der Waals surface area contributed by atoms with E-state index in [4.69, 9.17) is 4.74 Å². The zero-order valence-corrected chi connectivity index (χ0v) is 16.2. The second-order valence-electron chi connectivity index (χ2n) is 7.28. The number of aliphatic hydroxyl groups excluding tert-OH is 1. The Morgan fingerprint density at radius 3 is 2.59 bits per heavy atom. The zero-order valence-electron chi connectivity index (χ0n) is 16.2. The molecule has 0 radical (unpaired) electrons. The first-order valence-electron chi connectivity index (χ1n) is 9.80. The highest BCUT2D eigenvalue weighted by Crippen LogP contribution is 2.39. The van der Waals surface area contributed by atoms with E-state index in [9.17, 15) is 9.90 Å². The molecule has 1 aliphatic rings. The molecule has 1 heterocycles. The van der Waals surface area contributed by atoms with Gasteiger partial charge in [0.15, 0.2) is 0 Å². The van der Waals surface area contributed by atoms with E-state index in [-0.39, 0.29) is 18.1 Å². The molecule has 2 aromatic carbocycles. The number of rotatable bonds is 7. The van der Waals surface area contributed by atoms with Crippen molar-refractivity contribution in [2.75, 3.05) is 13.7 Å². The van der Waals surface area contributed by atoms with Crippen LogP contribution < -0.4 is 4.74 Å². The standard InChI is InChI=1S/C23H29NO3/c1-17(25)9-3-8-14-22(26)24-16-15-18-10-4-5-11-19(18)23(24)20-12-6-7-13-21(20)27-2/h4-7,10-13,17,23,25H,3,8-9,14-16H2,1-2H3/t17-,23+/m1/s1. The molecule has 1 aliphatic heterocycles. The third kappa shape index (κ3) is 4.51. The molecule has 144 valence electrons. The van der Waals surface area contributed by atoms with Crippen LogP contribution >= 0.6 is 0 Å². The van der Waals surface area contributed by atoms with Crippen molar-refractivity contribution in [3.63, 3.8) is 0 Å². The summed E-state index contributed by atoms with van der Waals surface area (Å²) in [5, 5.41) is 9.41. The van der Waals surface area contributed by atoms with Crippen molar-refractivity contribution < 1.29 is 14.6 Å². The van der Waals surface area contributed by atoms with Gasteiger partial charge in [-0.05, 0) is 43.4 Å². The number of benzene rings is 2. The Kier molecular flexibility index (Phi) is 6.51. The lowest BCUT2D eigenvalue weighted by Crippen LogP contribution is -2.40. The van der Waals surface area contributed by atoms with E-state index in [1.807, 2.05) is 29.2 Å². The summed E-state index contributed by atoms with van der Waals surface area (Å²) in [4.78, 5) is 15.1. The maximum Gasteiger partial charge on any atom is 0.223 e. The molecule has 0 saturated carbocycles. The quantitative estimate of drug-likeness (QED) is 0.749. The van der Waals surface area contributed by atoms with Crippen LogP contribution in [0.4, 0.5) is 0 Å². The Hall–Kier alpha value is -2.33. The maximum absolute atomic E-state index is 13.1. The van der Waals surface area contributed by atoms with Crippen LogP contribution in [0.3, 0.4) is 0 Å². The molecule has 3 rings (SSSR count). The minimum Gasteiger partial charge on any atom is -0.496 e. The van der Waals surface area contributed by atoms with Crippen LogP contribution in [0.15, 0.2) is 48.5 Å². The fourth-order valence-electron chi connectivity index (χ4n) is 3.92. The van der Waals surface area contributed by atoms with Crippen LogP contribution in [0, 0.1) is 0 Å². The van der Waals surface area contributed by atoms with Gasteiger partial charge in [0.05, 0.1) is 19.3 Å². The van der Waals surface area contributed by atoms with Gasteiger partial charge in [-0.1, -0.05) is 48.9 Å². The molecule has 4 heteroatoms. The van der Waals surface area contributed by atoms with Crippen molar-refractivity contribution in [1.82, 2.24) is 4.90 Å². The molecule has 2 atom stereocenters. The van der Waals surface area contributed by atoms with Gasteiger partial charge in [0.1, 0.15) is 5.75 Å². The van der Waals surface area contributed by atoms with E-state index in [1.54, 1.807) is 14.0 Å². The van der Waals surface area contributed by atoms with Crippen LogP contribution in [0.5, 0.6) is 5.75 Å². The fraction of sp³-hybridized carbons (Fsp3) is 0.435. The fourth-order valence-corrected chi connectivity index (χ4v) is 3.92. The van der Waals surface area contributed by atoms with Gasteiger partial charge >= 0.3 is 0 Å².